The molecule has 0 fully saturated rings. The van der Waals surface area contributed by atoms with E-state index in [0.29, 0.717) is 12.8 Å². The highest BCUT2D eigenvalue weighted by Crippen LogP contribution is 2.18. The molecule has 0 aliphatic carbocycles. The maximum absolute atomic E-state index is 12.8. The van der Waals surface area contributed by atoms with Crippen molar-refractivity contribution in [3.8, 4) is 0 Å². The van der Waals surface area contributed by atoms with E-state index in [1.165, 1.54) is 238 Å². The van der Waals surface area contributed by atoms with Crippen LogP contribution < -0.4 is 0 Å². The molecule has 6 heteroatoms. The summed E-state index contributed by atoms with van der Waals surface area (Å²) in [5, 5.41) is 0. The van der Waals surface area contributed by atoms with Gasteiger partial charge in [-0.3, -0.25) is 14.4 Å². The van der Waals surface area contributed by atoms with E-state index in [1.54, 1.807) is 6.08 Å². The molecule has 0 radical (unpaired) electrons. The van der Waals surface area contributed by atoms with E-state index in [0.717, 1.165) is 70.6 Å². The lowest BCUT2D eigenvalue weighted by molar-refractivity contribution is -0.166. The molecule has 0 saturated heterocycles. The maximum Gasteiger partial charge on any atom is 0.310 e. The van der Waals surface area contributed by atoms with Crippen molar-refractivity contribution in [2.24, 2.45) is 0 Å². The van der Waals surface area contributed by atoms with E-state index in [-0.39, 0.29) is 31.6 Å². The van der Waals surface area contributed by atoms with Crippen LogP contribution in [0.1, 0.15) is 348 Å². The molecule has 0 aromatic heterocycles. The SMILES string of the molecule is CC/C=C\C/C=C\C/C=C\C/C=C\C/C=C\CC(=O)OC(COC(=O)CCCCCCCCCCCCC)COC(=O)CCCCCCCCCCCCCCCCCCCCCCCCCCCCCCCCCC. The van der Waals surface area contributed by atoms with Gasteiger partial charge >= 0.3 is 17.9 Å². The predicted molar refractivity (Wildman–Crippen MR) is 330 cm³/mol. The van der Waals surface area contributed by atoms with Crippen LogP contribution in [0.5, 0.6) is 0 Å². The third kappa shape index (κ3) is 62.0. The molecule has 0 spiro atoms. The molecule has 76 heavy (non-hydrogen) atoms. The largest absolute Gasteiger partial charge is 0.462 e. The third-order valence-corrected chi connectivity index (χ3v) is 14.8. The summed E-state index contributed by atoms with van der Waals surface area (Å²) in [6.07, 6.45) is 83.0. The van der Waals surface area contributed by atoms with E-state index in [4.69, 9.17) is 14.2 Å². The Morgan fingerprint density at radius 2 is 0.500 bits per heavy atom. The third-order valence-electron chi connectivity index (χ3n) is 14.8. The normalized spacial score (nSPS) is 12.4. The first-order valence-corrected chi connectivity index (χ1v) is 33.3. The van der Waals surface area contributed by atoms with Gasteiger partial charge in [-0.05, 0) is 44.9 Å². The number of carbonyl (C=O) groups is 3. The molecule has 0 rings (SSSR count). The van der Waals surface area contributed by atoms with Gasteiger partial charge in [-0.1, -0.05) is 345 Å². The van der Waals surface area contributed by atoms with Gasteiger partial charge in [-0.15, -0.1) is 0 Å². The molecule has 0 aromatic rings. The minimum absolute atomic E-state index is 0.102. The maximum atomic E-state index is 12.8. The fraction of sp³-hybridized carbons (Fsp3) is 0.814. The van der Waals surface area contributed by atoms with Gasteiger partial charge in [0.05, 0.1) is 6.42 Å². The Hall–Kier alpha value is -2.89. The fourth-order valence-corrected chi connectivity index (χ4v) is 9.88. The molecule has 0 bridgehead atoms. The van der Waals surface area contributed by atoms with Crippen molar-refractivity contribution in [2.75, 3.05) is 13.2 Å². The number of esters is 3. The molecule has 0 saturated carbocycles. The van der Waals surface area contributed by atoms with Gasteiger partial charge in [0.25, 0.3) is 0 Å². The van der Waals surface area contributed by atoms with Crippen LogP contribution in [-0.4, -0.2) is 37.2 Å². The van der Waals surface area contributed by atoms with Crippen LogP contribution in [-0.2, 0) is 28.6 Å². The Balaban J connectivity index is 4.11. The highest BCUT2D eigenvalue weighted by Gasteiger charge is 2.19. The van der Waals surface area contributed by atoms with Crippen molar-refractivity contribution >= 4 is 17.9 Å². The Labute approximate surface area is 472 Å². The molecule has 6 nitrogen and oxygen atoms in total. The number of unbranched alkanes of at least 4 members (excludes halogenated alkanes) is 41. The molecule has 0 N–H and O–H groups in total. The number of ether oxygens (including phenoxy) is 3. The highest BCUT2D eigenvalue weighted by molar-refractivity contribution is 5.72. The van der Waals surface area contributed by atoms with Crippen LogP contribution in [0.3, 0.4) is 0 Å². The summed E-state index contributed by atoms with van der Waals surface area (Å²) in [6.45, 7) is 6.48. The Bertz CT molecular complexity index is 1360. The average molecular weight is 1060 g/mol. The van der Waals surface area contributed by atoms with Gasteiger partial charge in [-0.25, -0.2) is 0 Å². The van der Waals surface area contributed by atoms with E-state index in [1.807, 2.05) is 6.08 Å². The first kappa shape index (κ1) is 73.1. The quantitative estimate of drug-likeness (QED) is 0.0261. The van der Waals surface area contributed by atoms with Crippen molar-refractivity contribution in [1.29, 1.82) is 0 Å². The van der Waals surface area contributed by atoms with Crippen molar-refractivity contribution in [1.82, 2.24) is 0 Å². The van der Waals surface area contributed by atoms with E-state index in [2.05, 4.69) is 69.4 Å². The van der Waals surface area contributed by atoms with Crippen LogP contribution in [0.4, 0.5) is 0 Å². The van der Waals surface area contributed by atoms with E-state index < -0.39 is 12.1 Å². The van der Waals surface area contributed by atoms with Crippen LogP contribution in [0.2, 0.25) is 0 Å². The summed E-state index contributed by atoms with van der Waals surface area (Å²) in [6, 6.07) is 0. The highest BCUT2D eigenvalue weighted by atomic mass is 16.6. The number of hydrogen-bond donors (Lipinski definition) is 0. The van der Waals surface area contributed by atoms with Crippen molar-refractivity contribution in [2.45, 2.75) is 354 Å². The van der Waals surface area contributed by atoms with Gasteiger partial charge < -0.3 is 14.2 Å². The Morgan fingerprint density at radius 3 is 0.750 bits per heavy atom. The molecule has 0 aliphatic rings. The first-order chi connectivity index (χ1) is 37.5. The summed E-state index contributed by atoms with van der Waals surface area (Å²) >= 11 is 0. The summed E-state index contributed by atoms with van der Waals surface area (Å²) in [7, 11) is 0. The molecular weight excluding hydrogens is 937 g/mol. The zero-order valence-corrected chi connectivity index (χ0v) is 50.8. The number of carbonyl (C=O) groups excluding carboxylic acids is 3. The van der Waals surface area contributed by atoms with E-state index >= 15 is 0 Å². The molecule has 1 atom stereocenters. The second kappa shape index (κ2) is 64.6. The number of allylic oxidation sites excluding steroid dienone is 9. The zero-order chi connectivity index (χ0) is 55.0. The van der Waals surface area contributed by atoms with Crippen LogP contribution in [0.15, 0.2) is 60.8 Å². The van der Waals surface area contributed by atoms with Crippen molar-refractivity contribution in [3.05, 3.63) is 60.8 Å². The Kier molecular flexibility index (Phi) is 62.2. The topological polar surface area (TPSA) is 78.9 Å². The second-order valence-electron chi connectivity index (χ2n) is 22.4. The number of hydrogen-bond acceptors (Lipinski definition) is 6. The standard InChI is InChI=1S/C70H126O6/c1-4-7-10-13-16-19-22-24-26-27-28-29-30-31-32-33-34-35-36-37-38-39-40-41-42-44-45-48-51-54-57-60-63-69(72)75-66-67(65-74-68(71)62-59-56-53-50-47-21-18-15-12-9-6-3)76-70(73)64-61-58-55-52-49-46-43-25-23-20-17-14-11-8-5-2/h8,11,17,20,25,43,49,52,58,61,67H,4-7,9-10,12-16,18-19,21-24,26-42,44-48,50-51,53-57,59-60,62-66H2,1-3H3/b11-8-,20-17-,43-25-,52-49-,61-58-. The van der Waals surface area contributed by atoms with E-state index in [9.17, 15) is 14.4 Å². The average Bonchev–Trinajstić information content (AvgIpc) is 3.42. The summed E-state index contributed by atoms with van der Waals surface area (Å²) in [4.78, 5) is 38.1. The molecule has 0 heterocycles. The van der Waals surface area contributed by atoms with Crippen LogP contribution in [0, 0.1) is 0 Å². The van der Waals surface area contributed by atoms with Crippen LogP contribution >= 0.6 is 0 Å². The summed E-state index contributed by atoms with van der Waals surface area (Å²) in [5.41, 5.74) is 0. The lowest BCUT2D eigenvalue weighted by Crippen LogP contribution is -2.30. The van der Waals surface area contributed by atoms with Gasteiger partial charge in [0.15, 0.2) is 6.10 Å². The molecule has 0 aromatic carbocycles. The Morgan fingerprint density at radius 1 is 0.276 bits per heavy atom. The fourth-order valence-electron chi connectivity index (χ4n) is 9.88. The van der Waals surface area contributed by atoms with Crippen molar-refractivity contribution < 1.29 is 28.6 Å². The van der Waals surface area contributed by atoms with Gasteiger partial charge in [0.2, 0.25) is 0 Å². The minimum atomic E-state index is -0.825. The predicted octanol–water partition coefficient (Wildman–Crippen LogP) is 22.7. The lowest BCUT2D eigenvalue weighted by atomic mass is 10.0. The van der Waals surface area contributed by atoms with Gasteiger partial charge in [0.1, 0.15) is 13.2 Å². The molecule has 442 valence electrons. The summed E-state index contributed by atoms with van der Waals surface area (Å²) in [5.74, 6) is -1.02. The minimum Gasteiger partial charge on any atom is -0.462 e. The second-order valence-corrected chi connectivity index (χ2v) is 22.4. The smallest absolute Gasteiger partial charge is 0.310 e. The van der Waals surface area contributed by atoms with Crippen LogP contribution in [0.25, 0.3) is 0 Å². The van der Waals surface area contributed by atoms with Crippen molar-refractivity contribution in [3.63, 3.8) is 0 Å². The molecular formula is C70H126O6. The number of rotatable bonds is 61. The summed E-state index contributed by atoms with van der Waals surface area (Å²) < 4.78 is 16.8. The van der Waals surface area contributed by atoms with Gasteiger partial charge in [-0.2, -0.15) is 0 Å². The van der Waals surface area contributed by atoms with Gasteiger partial charge in [0, 0.05) is 12.8 Å². The lowest BCUT2D eigenvalue weighted by Gasteiger charge is -2.18. The monoisotopic (exact) mass is 1060 g/mol. The zero-order valence-electron chi connectivity index (χ0n) is 50.8. The first-order valence-electron chi connectivity index (χ1n) is 33.3. The molecule has 0 amide bonds. The molecule has 1 unspecified atom stereocenters. The molecule has 0 aliphatic heterocycles.